The van der Waals surface area contributed by atoms with E-state index < -0.39 is 0 Å². The fourth-order valence-electron chi connectivity index (χ4n) is 2.71. The number of nitrogens with one attached hydrogen (secondary N) is 1. The fraction of sp³-hybridized carbons (Fsp3) is 0.200. The van der Waals surface area contributed by atoms with E-state index in [1.807, 2.05) is 24.3 Å². The van der Waals surface area contributed by atoms with Crippen molar-refractivity contribution in [3.05, 3.63) is 46.8 Å². The molecule has 0 unspecified atom stereocenters. The van der Waals surface area contributed by atoms with Crippen LogP contribution in [0.3, 0.4) is 0 Å². The molecular formula is C15H11N5O2. The number of benzene rings is 1. The first kappa shape index (κ1) is 11.7. The smallest absolute Gasteiger partial charge is 0.275 e. The van der Waals surface area contributed by atoms with Gasteiger partial charge in [-0.15, -0.1) is 0 Å². The van der Waals surface area contributed by atoms with Crippen LogP contribution in [-0.2, 0) is 0 Å². The number of hydrogen-bond donors (Lipinski definition) is 1. The number of fused-ring (bicyclic) bond motifs is 3. The summed E-state index contributed by atoms with van der Waals surface area (Å²) in [4.78, 5) is 24.0. The highest BCUT2D eigenvalue weighted by Crippen LogP contribution is 2.39. The molecular weight excluding hydrogens is 282 g/mol. The Bertz CT molecular complexity index is 1070. The lowest BCUT2D eigenvalue weighted by atomic mass is 10.3. The van der Waals surface area contributed by atoms with Gasteiger partial charge in [0, 0.05) is 5.92 Å². The first-order valence-electron chi connectivity index (χ1n) is 7.13. The van der Waals surface area contributed by atoms with E-state index in [-0.39, 0.29) is 5.56 Å². The molecule has 108 valence electrons. The van der Waals surface area contributed by atoms with Gasteiger partial charge in [0.15, 0.2) is 0 Å². The third-order valence-corrected chi connectivity index (χ3v) is 3.97. The number of aromatic amines is 1. The number of nitrogens with zero attached hydrogens (tertiary/aromatic N) is 4. The van der Waals surface area contributed by atoms with Gasteiger partial charge in [-0.25, -0.2) is 4.98 Å². The molecule has 0 radical (unpaired) electrons. The number of hydrogen-bond acceptors (Lipinski definition) is 5. The molecule has 1 aliphatic rings. The third kappa shape index (κ3) is 1.56. The van der Waals surface area contributed by atoms with E-state index in [4.69, 9.17) is 4.52 Å². The molecule has 0 saturated heterocycles. The van der Waals surface area contributed by atoms with E-state index in [9.17, 15) is 4.79 Å². The predicted octanol–water partition coefficient (Wildman–Crippen LogP) is 2.10. The molecule has 0 bridgehead atoms. The minimum atomic E-state index is -0.219. The van der Waals surface area contributed by atoms with Crippen LogP contribution in [0.25, 0.3) is 28.1 Å². The van der Waals surface area contributed by atoms with Gasteiger partial charge in [0.05, 0.1) is 11.0 Å². The van der Waals surface area contributed by atoms with Gasteiger partial charge in [-0.2, -0.15) is 4.98 Å². The van der Waals surface area contributed by atoms with Gasteiger partial charge in [0.2, 0.25) is 11.7 Å². The molecule has 1 aliphatic carbocycles. The normalized spacial score (nSPS) is 14.9. The standard InChI is InChI=1S/C15H11N5O2/c21-14-12-11(13-18-15(22-19-13)8-5-6-8)16-7-20(12)10-4-2-1-3-9(10)17-14/h1-4,7-8H,5-6H2,(H,17,21). The van der Waals surface area contributed by atoms with E-state index in [0.29, 0.717) is 28.8 Å². The van der Waals surface area contributed by atoms with E-state index >= 15 is 0 Å². The number of rotatable bonds is 2. The summed E-state index contributed by atoms with van der Waals surface area (Å²) in [7, 11) is 0. The van der Waals surface area contributed by atoms with Crippen LogP contribution in [0.2, 0.25) is 0 Å². The van der Waals surface area contributed by atoms with Gasteiger partial charge < -0.3 is 9.51 Å². The van der Waals surface area contributed by atoms with Crippen LogP contribution >= 0.6 is 0 Å². The Kier molecular flexibility index (Phi) is 2.14. The lowest BCUT2D eigenvalue weighted by Crippen LogP contribution is -2.10. The molecule has 1 saturated carbocycles. The Morgan fingerprint density at radius 2 is 2.14 bits per heavy atom. The van der Waals surface area contributed by atoms with Gasteiger partial charge in [-0.3, -0.25) is 9.20 Å². The molecule has 5 rings (SSSR count). The highest BCUT2D eigenvalue weighted by atomic mass is 16.5. The first-order chi connectivity index (χ1) is 10.8. The van der Waals surface area contributed by atoms with Crippen molar-refractivity contribution in [3.63, 3.8) is 0 Å². The summed E-state index contributed by atoms with van der Waals surface area (Å²) in [5.41, 5.74) is 2.30. The molecule has 1 aromatic carbocycles. The molecule has 3 aromatic heterocycles. The van der Waals surface area contributed by atoms with Crippen molar-refractivity contribution >= 4 is 16.6 Å². The Labute approximate surface area is 123 Å². The molecule has 1 N–H and O–H groups in total. The molecule has 0 aliphatic heterocycles. The van der Waals surface area contributed by atoms with Gasteiger partial charge >= 0.3 is 0 Å². The largest absolute Gasteiger partial charge is 0.339 e. The second kappa shape index (κ2) is 4.03. The Balaban J connectivity index is 1.80. The number of aromatic nitrogens is 5. The minimum absolute atomic E-state index is 0.219. The van der Waals surface area contributed by atoms with E-state index in [0.717, 1.165) is 23.9 Å². The monoisotopic (exact) mass is 293 g/mol. The zero-order chi connectivity index (χ0) is 14.7. The molecule has 1 fully saturated rings. The average molecular weight is 293 g/mol. The van der Waals surface area contributed by atoms with Crippen molar-refractivity contribution in [2.24, 2.45) is 0 Å². The summed E-state index contributed by atoms with van der Waals surface area (Å²) in [5.74, 6) is 1.37. The van der Waals surface area contributed by atoms with Crippen molar-refractivity contribution in [1.29, 1.82) is 0 Å². The fourth-order valence-corrected chi connectivity index (χ4v) is 2.71. The zero-order valence-corrected chi connectivity index (χ0v) is 11.5. The average Bonchev–Trinajstić information content (AvgIpc) is 3.10. The zero-order valence-electron chi connectivity index (χ0n) is 11.5. The maximum Gasteiger partial charge on any atom is 0.275 e. The van der Waals surface area contributed by atoms with E-state index in [2.05, 4.69) is 20.1 Å². The number of imidazole rings is 1. The van der Waals surface area contributed by atoms with Crippen molar-refractivity contribution in [3.8, 4) is 11.5 Å². The van der Waals surface area contributed by atoms with Gasteiger partial charge in [0.1, 0.15) is 17.5 Å². The first-order valence-corrected chi connectivity index (χ1v) is 7.13. The van der Waals surface area contributed by atoms with Crippen molar-refractivity contribution in [1.82, 2.24) is 24.5 Å². The van der Waals surface area contributed by atoms with E-state index in [1.54, 1.807) is 10.7 Å². The SMILES string of the molecule is O=c1[nH]c2ccccc2n2cnc(-c3noc(C4CC4)n3)c12. The highest BCUT2D eigenvalue weighted by Gasteiger charge is 2.30. The third-order valence-electron chi connectivity index (χ3n) is 3.97. The maximum absolute atomic E-state index is 12.4. The summed E-state index contributed by atoms with van der Waals surface area (Å²) >= 11 is 0. The summed E-state index contributed by atoms with van der Waals surface area (Å²) < 4.78 is 7.03. The van der Waals surface area contributed by atoms with Crippen LogP contribution in [0.15, 0.2) is 39.9 Å². The molecule has 7 nitrogen and oxygen atoms in total. The van der Waals surface area contributed by atoms with Gasteiger partial charge in [0.25, 0.3) is 5.56 Å². The van der Waals surface area contributed by atoms with Crippen LogP contribution in [0.5, 0.6) is 0 Å². The predicted molar refractivity (Wildman–Crippen MR) is 78.6 cm³/mol. The maximum atomic E-state index is 12.4. The summed E-state index contributed by atoms with van der Waals surface area (Å²) in [6.45, 7) is 0. The molecule has 7 heteroatoms. The van der Waals surface area contributed by atoms with Crippen LogP contribution < -0.4 is 5.56 Å². The van der Waals surface area contributed by atoms with Gasteiger partial charge in [-0.05, 0) is 25.0 Å². The lowest BCUT2D eigenvalue weighted by molar-refractivity contribution is 0.380. The minimum Gasteiger partial charge on any atom is -0.339 e. The quantitative estimate of drug-likeness (QED) is 0.611. The topological polar surface area (TPSA) is 89.1 Å². The number of H-pyrrole nitrogens is 1. The number of para-hydroxylation sites is 2. The molecule has 0 spiro atoms. The highest BCUT2D eigenvalue weighted by molar-refractivity contribution is 5.82. The van der Waals surface area contributed by atoms with E-state index in [1.165, 1.54) is 0 Å². The summed E-state index contributed by atoms with van der Waals surface area (Å²) in [5, 5.41) is 3.98. The summed E-state index contributed by atoms with van der Waals surface area (Å²) in [6.07, 6.45) is 3.78. The van der Waals surface area contributed by atoms with Crippen molar-refractivity contribution in [2.75, 3.05) is 0 Å². The molecule has 4 aromatic rings. The second-order valence-electron chi connectivity index (χ2n) is 5.51. The second-order valence-corrected chi connectivity index (χ2v) is 5.51. The van der Waals surface area contributed by atoms with Crippen LogP contribution in [-0.4, -0.2) is 24.5 Å². The van der Waals surface area contributed by atoms with Gasteiger partial charge in [-0.1, -0.05) is 17.3 Å². The molecule has 22 heavy (non-hydrogen) atoms. The Morgan fingerprint density at radius 3 is 3.00 bits per heavy atom. The Hall–Kier alpha value is -2.96. The summed E-state index contributed by atoms with van der Waals surface area (Å²) in [6, 6.07) is 7.58. The van der Waals surface area contributed by atoms with Crippen molar-refractivity contribution in [2.45, 2.75) is 18.8 Å². The van der Waals surface area contributed by atoms with Crippen molar-refractivity contribution < 1.29 is 4.52 Å². The van der Waals surface area contributed by atoms with Crippen LogP contribution in [0.4, 0.5) is 0 Å². The Morgan fingerprint density at radius 1 is 1.27 bits per heavy atom. The van der Waals surface area contributed by atoms with Crippen LogP contribution in [0.1, 0.15) is 24.7 Å². The molecule has 3 heterocycles. The molecule has 0 atom stereocenters. The lowest BCUT2D eigenvalue weighted by Gasteiger charge is -2.01. The molecule has 0 amide bonds. The van der Waals surface area contributed by atoms with Crippen LogP contribution in [0, 0.1) is 0 Å².